The smallest absolute Gasteiger partial charge is 0.291 e. The number of nitrogens with zero attached hydrogens (tertiary/aromatic N) is 2. The third kappa shape index (κ3) is 4.64. The molecule has 0 bridgehead atoms. The molecule has 0 spiro atoms. The van der Waals surface area contributed by atoms with Gasteiger partial charge in [-0.15, -0.1) is 5.10 Å². The highest BCUT2D eigenvalue weighted by atomic mass is 32.2. The molecular formula is C10H18N4O2S. The van der Waals surface area contributed by atoms with Crippen LogP contribution in [0.5, 0.6) is 0 Å². The van der Waals surface area contributed by atoms with Gasteiger partial charge in [-0.05, 0) is 13.3 Å². The number of amides is 1. The second-order valence-electron chi connectivity index (χ2n) is 3.97. The fourth-order valence-corrected chi connectivity index (χ4v) is 2.21. The topological polar surface area (TPSA) is 87.7 Å². The molecule has 17 heavy (non-hydrogen) atoms. The first-order chi connectivity index (χ1) is 8.02. The van der Waals surface area contributed by atoms with Gasteiger partial charge in [0.2, 0.25) is 5.82 Å². The normalized spacial score (nSPS) is 14.3. The molecule has 0 aliphatic carbocycles. The third-order valence-electron chi connectivity index (χ3n) is 2.08. The van der Waals surface area contributed by atoms with E-state index < -0.39 is 10.8 Å². The Kier molecular flexibility index (Phi) is 5.27. The van der Waals surface area contributed by atoms with Gasteiger partial charge in [-0.2, -0.15) is 0 Å². The fraction of sp³-hybridized carbons (Fsp3) is 0.700. The van der Waals surface area contributed by atoms with E-state index in [-0.39, 0.29) is 17.8 Å². The molecule has 1 rings (SSSR count). The van der Waals surface area contributed by atoms with Crippen LogP contribution in [0.4, 0.5) is 0 Å². The Morgan fingerprint density at radius 3 is 2.88 bits per heavy atom. The molecule has 0 saturated heterocycles. The molecule has 0 aliphatic rings. The Morgan fingerprint density at radius 1 is 1.59 bits per heavy atom. The average Bonchev–Trinajstić information content (AvgIpc) is 2.65. The summed E-state index contributed by atoms with van der Waals surface area (Å²) < 4.78 is 11.0. The highest BCUT2D eigenvalue weighted by molar-refractivity contribution is 7.84. The summed E-state index contributed by atoms with van der Waals surface area (Å²) in [4.78, 5) is 15.8. The number of hydrogen-bond acceptors (Lipinski definition) is 4. The number of hydrogen-bond donors (Lipinski definition) is 2. The third-order valence-corrected chi connectivity index (χ3v) is 3.05. The van der Waals surface area contributed by atoms with Gasteiger partial charge in [0.1, 0.15) is 5.82 Å². The molecule has 0 aliphatic heterocycles. The van der Waals surface area contributed by atoms with Gasteiger partial charge in [0.25, 0.3) is 5.91 Å². The first kappa shape index (κ1) is 13.8. The van der Waals surface area contributed by atoms with Crippen LogP contribution in [0.25, 0.3) is 0 Å². The summed E-state index contributed by atoms with van der Waals surface area (Å²) in [7, 11) is -0.930. The van der Waals surface area contributed by atoms with E-state index in [2.05, 4.69) is 20.5 Å². The van der Waals surface area contributed by atoms with E-state index in [4.69, 9.17) is 0 Å². The number of carbonyl (C=O) groups excluding carboxylic acids is 1. The maximum absolute atomic E-state index is 11.7. The van der Waals surface area contributed by atoms with Gasteiger partial charge in [0.15, 0.2) is 0 Å². The zero-order valence-electron chi connectivity index (χ0n) is 10.3. The molecule has 1 aromatic heterocycles. The minimum absolute atomic E-state index is 0.141. The largest absolute Gasteiger partial charge is 0.346 e. The number of carbonyl (C=O) groups is 1. The molecule has 2 atom stereocenters. The maximum Gasteiger partial charge on any atom is 0.291 e. The van der Waals surface area contributed by atoms with Gasteiger partial charge in [0.05, 0.1) is 0 Å². The lowest BCUT2D eigenvalue weighted by molar-refractivity contribution is 0.0933. The Bertz CT molecular complexity index is 405. The molecule has 0 radical (unpaired) electrons. The van der Waals surface area contributed by atoms with Gasteiger partial charge < -0.3 is 5.32 Å². The van der Waals surface area contributed by atoms with Crippen LogP contribution in [0, 0.1) is 0 Å². The van der Waals surface area contributed by atoms with Crippen molar-refractivity contribution in [2.24, 2.45) is 0 Å². The molecule has 96 valence electrons. The molecule has 1 amide bonds. The maximum atomic E-state index is 11.7. The Hall–Kier alpha value is -1.24. The van der Waals surface area contributed by atoms with Gasteiger partial charge in [0, 0.05) is 35.3 Å². The lowest BCUT2D eigenvalue weighted by atomic mass is 10.3. The second kappa shape index (κ2) is 6.48. The first-order valence-corrected chi connectivity index (χ1v) is 7.27. The first-order valence-electron chi connectivity index (χ1n) is 5.55. The summed E-state index contributed by atoms with van der Waals surface area (Å²) in [6, 6.07) is -0.151. The van der Waals surface area contributed by atoms with E-state index in [1.165, 1.54) is 0 Å². The van der Waals surface area contributed by atoms with Crippen LogP contribution in [0.15, 0.2) is 0 Å². The van der Waals surface area contributed by atoms with Crippen LogP contribution in [0.1, 0.15) is 36.7 Å². The minimum atomic E-state index is -0.930. The van der Waals surface area contributed by atoms with Crippen molar-refractivity contribution in [3.63, 3.8) is 0 Å². The molecule has 0 aromatic carbocycles. The van der Waals surface area contributed by atoms with Crippen molar-refractivity contribution in [3.05, 3.63) is 11.6 Å². The zero-order valence-corrected chi connectivity index (χ0v) is 11.1. The van der Waals surface area contributed by atoms with Crippen molar-refractivity contribution < 1.29 is 9.00 Å². The average molecular weight is 258 g/mol. The Labute approximate surface area is 103 Å². The van der Waals surface area contributed by atoms with Crippen molar-refractivity contribution in [1.82, 2.24) is 20.5 Å². The van der Waals surface area contributed by atoms with Gasteiger partial charge in [-0.25, -0.2) is 4.98 Å². The summed E-state index contributed by atoms with van der Waals surface area (Å²) in [5.41, 5.74) is 0. The van der Waals surface area contributed by atoms with Crippen LogP contribution in [-0.2, 0) is 17.2 Å². The Balaban J connectivity index is 2.54. The van der Waals surface area contributed by atoms with Crippen molar-refractivity contribution in [3.8, 4) is 0 Å². The molecule has 1 aromatic rings. The summed E-state index contributed by atoms with van der Waals surface area (Å²) >= 11 is 0. The molecular weight excluding hydrogens is 240 g/mol. The number of nitrogens with one attached hydrogen (secondary N) is 2. The van der Waals surface area contributed by atoms with Crippen molar-refractivity contribution in [2.45, 2.75) is 32.7 Å². The molecule has 6 nitrogen and oxygen atoms in total. The summed E-state index contributed by atoms with van der Waals surface area (Å²) in [5, 5.41) is 9.27. The summed E-state index contributed by atoms with van der Waals surface area (Å²) in [5.74, 6) is 0.950. The number of aromatic amines is 1. The zero-order chi connectivity index (χ0) is 12.8. The SMILES string of the molecule is CCCc1nc(C(=O)NC(C)CS(C)=O)n[nH]1. The van der Waals surface area contributed by atoms with Crippen LogP contribution < -0.4 is 5.32 Å². The molecule has 2 N–H and O–H groups in total. The number of aromatic nitrogens is 3. The highest BCUT2D eigenvalue weighted by Crippen LogP contribution is 1.97. The number of rotatable bonds is 6. The van der Waals surface area contributed by atoms with Gasteiger partial charge >= 0.3 is 0 Å². The highest BCUT2D eigenvalue weighted by Gasteiger charge is 2.15. The van der Waals surface area contributed by atoms with Crippen LogP contribution >= 0.6 is 0 Å². The predicted molar refractivity (Wildman–Crippen MR) is 66.2 cm³/mol. The monoisotopic (exact) mass is 258 g/mol. The number of H-pyrrole nitrogens is 1. The fourth-order valence-electron chi connectivity index (χ4n) is 1.43. The van der Waals surface area contributed by atoms with Crippen LogP contribution in [-0.4, -0.2) is 43.3 Å². The van der Waals surface area contributed by atoms with Crippen molar-refractivity contribution >= 4 is 16.7 Å². The lowest BCUT2D eigenvalue weighted by Gasteiger charge is -2.10. The van der Waals surface area contributed by atoms with Crippen molar-refractivity contribution in [2.75, 3.05) is 12.0 Å². The molecule has 2 unspecified atom stereocenters. The van der Waals surface area contributed by atoms with Crippen molar-refractivity contribution in [1.29, 1.82) is 0 Å². The number of aryl methyl sites for hydroxylation is 1. The van der Waals surface area contributed by atoms with Crippen LogP contribution in [0.3, 0.4) is 0 Å². The van der Waals surface area contributed by atoms with E-state index in [9.17, 15) is 9.00 Å². The lowest BCUT2D eigenvalue weighted by Crippen LogP contribution is -2.36. The summed E-state index contributed by atoms with van der Waals surface area (Å²) in [6.45, 7) is 3.83. The van der Waals surface area contributed by atoms with E-state index in [1.807, 2.05) is 6.92 Å². The van der Waals surface area contributed by atoms with E-state index in [0.717, 1.165) is 12.8 Å². The van der Waals surface area contributed by atoms with Crippen LogP contribution in [0.2, 0.25) is 0 Å². The van der Waals surface area contributed by atoms with Gasteiger partial charge in [-0.1, -0.05) is 6.92 Å². The molecule has 0 fully saturated rings. The molecule has 0 saturated carbocycles. The Morgan fingerprint density at radius 2 is 2.29 bits per heavy atom. The van der Waals surface area contributed by atoms with E-state index >= 15 is 0 Å². The van der Waals surface area contributed by atoms with Gasteiger partial charge in [-0.3, -0.25) is 14.1 Å². The standard InChI is InChI=1S/C10H18N4O2S/c1-4-5-8-12-9(14-13-8)10(15)11-7(2)6-17(3)16/h7H,4-6H2,1-3H3,(H,11,15)(H,12,13,14). The van der Waals surface area contributed by atoms with E-state index in [1.54, 1.807) is 13.2 Å². The quantitative estimate of drug-likeness (QED) is 0.766. The molecule has 7 heteroatoms. The van der Waals surface area contributed by atoms with E-state index in [0.29, 0.717) is 11.6 Å². The summed E-state index contributed by atoms with van der Waals surface area (Å²) in [6.07, 6.45) is 3.32. The second-order valence-corrected chi connectivity index (χ2v) is 5.45. The minimum Gasteiger partial charge on any atom is -0.346 e. The molecule has 1 heterocycles. The predicted octanol–water partition coefficient (Wildman–Crippen LogP) is 0.254.